The van der Waals surface area contributed by atoms with Gasteiger partial charge < -0.3 is 15.2 Å². The van der Waals surface area contributed by atoms with E-state index in [9.17, 15) is 9.90 Å². The third kappa shape index (κ3) is 2.99. The van der Waals surface area contributed by atoms with Crippen LogP contribution >= 0.6 is 11.6 Å². The molecule has 1 amide bonds. The molecule has 2 aromatic carbocycles. The van der Waals surface area contributed by atoms with Crippen LogP contribution in [0.5, 0.6) is 5.75 Å². The number of carbonyl (C=O) groups is 1. The Bertz CT molecular complexity index is 739. The molecule has 1 fully saturated rings. The number of aliphatic hydroxyl groups is 1. The van der Waals surface area contributed by atoms with Gasteiger partial charge in [0.1, 0.15) is 5.75 Å². The van der Waals surface area contributed by atoms with E-state index in [-0.39, 0.29) is 12.5 Å². The van der Waals surface area contributed by atoms with E-state index in [2.05, 4.69) is 5.32 Å². The molecule has 2 N–H and O–H groups in total. The molecule has 0 atom stereocenters. The lowest BCUT2D eigenvalue weighted by molar-refractivity contribution is -0.124. The number of aliphatic hydroxyl groups excluding tert-OH is 1. The zero-order valence-electron chi connectivity index (χ0n) is 13.5. The van der Waals surface area contributed by atoms with Crippen LogP contribution in [0.3, 0.4) is 0 Å². The van der Waals surface area contributed by atoms with Gasteiger partial charge in [-0.05, 0) is 48.7 Å². The Balaban J connectivity index is 1.84. The summed E-state index contributed by atoms with van der Waals surface area (Å²) < 4.78 is 5.19. The maximum absolute atomic E-state index is 12.9. The minimum atomic E-state index is -0.496. The van der Waals surface area contributed by atoms with E-state index in [0.29, 0.717) is 22.0 Å². The number of benzene rings is 2. The molecule has 1 aliphatic rings. The molecule has 5 heteroatoms. The second-order valence-electron chi connectivity index (χ2n) is 6.08. The predicted octanol–water partition coefficient (Wildman–Crippen LogP) is 3.90. The van der Waals surface area contributed by atoms with Crippen LogP contribution in [-0.2, 0) is 16.8 Å². The number of hydrogen-bond acceptors (Lipinski definition) is 3. The lowest BCUT2D eigenvalue weighted by atomic mass is 9.64. The number of hydrogen-bond donors (Lipinski definition) is 2. The Morgan fingerprint density at radius 2 is 1.96 bits per heavy atom. The summed E-state index contributed by atoms with van der Waals surface area (Å²) in [6.45, 7) is -0.144. The van der Waals surface area contributed by atoms with E-state index < -0.39 is 5.41 Å². The number of anilines is 1. The number of ether oxygens (including phenoxy) is 1. The molecule has 1 saturated carbocycles. The van der Waals surface area contributed by atoms with Crippen molar-refractivity contribution in [2.24, 2.45) is 0 Å². The molecule has 126 valence electrons. The van der Waals surface area contributed by atoms with Crippen LogP contribution in [0.2, 0.25) is 5.02 Å². The van der Waals surface area contributed by atoms with E-state index in [1.165, 1.54) is 0 Å². The highest BCUT2D eigenvalue weighted by molar-refractivity contribution is 6.30. The van der Waals surface area contributed by atoms with Gasteiger partial charge in [0, 0.05) is 16.3 Å². The Morgan fingerprint density at radius 1 is 1.25 bits per heavy atom. The van der Waals surface area contributed by atoms with Crippen molar-refractivity contribution in [3.8, 4) is 5.75 Å². The van der Waals surface area contributed by atoms with Crippen LogP contribution < -0.4 is 10.1 Å². The van der Waals surface area contributed by atoms with Crippen molar-refractivity contribution >= 4 is 23.2 Å². The molecule has 0 bridgehead atoms. The van der Waals surface area contributed by atoms with Gasteiger partial charge in [0.2, 0.25) is 5.91 Å². The molecule has 3 rings (SSSR count). The van der Waals surface area contributed by atoms with Gasteiger partial charge in [-0.1, -0.05) is 30.2 Å². The van der Waals surface area contributed by atoms with Crippen LogP contribution in [-0.4, -0.2) is 18.1 Å². The van der Waals surface area contributed by atoms with Gasteiger partial charge in [0.05, 0.1) is 19.1 Å². The van der Waals surface area contributed by atoms with E-state index >= 15 is 0 Å². The number of nitrogens with one attached hydrogen (secondary N) is 1. The number of carbonyl (C=O) groups excluding carboxylic acids is 1. The summed E-state index contributed by atoms with van der Waals surface area (Å²) in [6.07, 6.45) is 2.67. The summed E-state index contributed by atoms with van der Waals surface area (Å²) in [6, 6.07) is 12.8. The minimum absolute atomic E-state index is 0.0230. The third-order valence-corrected chi connectivity index (χ3v) is 5.00. The number of amides is 1. The van der Waals surface area contributed by atoms with Crippen molar-refractivity contribution in [2.75, 3.05) is 12.4 Å². The first-order valence-corrected chi connectivity index (χ1v) is 8.32. The minimum Gasteiger partial charge on any atom is -0.496 e. The van der Waals surface area contributed by atoms with Crippen molar-refractivity contribution in [1.29, 1.82) is 0 Å². The summed E-state index contributed by atoms with van der Waals surface area (Å²) in [5.41, 5.74) is 1.80. The number of halogens is 1. The van der Waals surface area contributed by atoms with Crippen molar-refractivity contribution < 1.29 is 14.6 Å². The SMILES string of the molecule is COc1ccc(NC(=O)C2(c3ccc(Cl)cc3)CCC2)cc1CO. The van der Waals surface area contributed by atoms with Gasteiger partial charge in [-0.2, -0.15) is 0 Å². The standard InChI is InChI=1S/C19H20ClNO3/c1-24-17-8-7-16(11-13(17)12-22)21-18(23)19(9-2-10-19)14-3-5-15(20)6-4-14/h3-8,11,22H,2,9-10,12H2,1H3,(H,21,23). The van der Waals surface area contributed by atoms with Crippen molar-refractivity contribution in [2.45, 2.75) is 31.3 Å². The lowest BCUT2D eigenvalue weighted by Crippen LogP contribution is -2.46. The van der Waals surface area contributed by atoms with Crippen molar-refractivity contribution in [3.05, 3.63) is 58.6 Å². The summed E-state index contributed by atoms with van der Waals surface area (Å²) >= 11 is 5.96. The molecule has 0 radical (unpaired) electrons. The summed E-state index contributed by atoms with van der Waals surface area (Å²) in [4.78, 5) is 12.9. The number of rotatable bonds is 5. The van der Waals surface area contributed by atoms with Crippen LogP contribution in [0.15, 0.2) is 42.5 Å². The Labute approximate surface area is 146 Å². The molecule has 0 unspecified atom stereocenters. The van der Waals surface area contributed by atoms with E-state index in [1.54, 1.807) is 25.3 Å². The van der Waals surface area contributed by atoms with Gasteiger partial charge in [0.25, 0.3) is 0 Å². The van der Waals surface area contributed by atoms with Gasteiger partial charge in [0.15, 0.2) is 0 Å². The molecule has 4 nitrogen and oxygen atoms in total. The maximum atomic E-state index is 12.9. The summed E-state index contributed by atoms with van der Waals surface area (Å²) in [7, 11) is 1.55. The zero-order valence-corrected chi connectivity index (χ0v) is 14.3. The molecule has 0 aliphatic heterocycles. The zero-order chi connectivity index (χ0) is 17.2. The Hall–Kier alpha value is -2.04. The average Bonchev–Trinajstić information content (AvgIpc) is 2.55. The Morgan fingerprint density at radius 3 is 2.50 bits per heavy atom. The van der Waals surface area contributed by atoms with Crippen LogP contribution in [0.4, 0.5) is 5.69 Å². The molecule has 1 aliphatic carbocycles. The molecule has 2 aromatic rings. The third-order valence-electron chi connectivity index (χ3n) is 4.75. The first kappa shape index (κ1) is 16.8. The van der Waals surface area contributed by atoms with Crippen LogP contribution in [0.25, 0.3) is 0 Å². The maximum Gasteiger partial charge on any atom is 0.235 e. The quantitative estimate of drug-likeness (QED) is 0.864. The highest BCUT2D eigenvalue weighted by Crippen LogP contribution is 2.45. The van der Waals surface area contributed by atoms with Crippen molar-refractivity contribution in [1.82, 2.24) is 0 Å². The average molecular weight is 346 g/mol. The molecule has 0 aromatic heterocycles. The van der Waals surface area contributed by atoms with Gasteiger partial charge in [-0.25, -0.2) is 0 Å². The normalized spacial score (nSPS) is 15.5. The molecular formula is C19H20ClNO3. The smallest absolute Gasteiger partial charge is 0.235 e. The Kier molecular flexibility index (Phi) is 4.78. The van der Waals surface area contributed by atoms with E-state index in [0.717, 1.165) is 24.8 Å². The molecular weight excluding hydrogens is 326 g/mol. The monoisotopic (exact) mass is 345 g/mol. The summed E-state index contributed by atoms with van der Waals surface area (Å²) in [5, 5.41) is 13.1. The second-order valence-corrected chi connectivity index (χ2v) is 6.52. The van der Waals surface area contributed by atoms with Crippen molar-refractivity contribution in [3.63, 3.8) is 0 Å². The predicted molar refractivity (Wildman–Crippen MR) is 94.5 cm³/mol. The van der Waals surface area contributed by atoms with E-state index in [1.807, 2.05) is 24.3 Å². The molecule has 0 saturated heterocycles. The van der Waals surface area contributed by atoms with Gasteiger partial charge in [-0.3, -0.25) is 4.79 Å². The fraction of sp³-hybridized carbons (Fsp3) is 0.316. The second kappa shape index (κ2) is 6.83. The highest BCUT2D eigenvalue weighted by Gasteiger charge is 2.45. The fourth-order valence-corrected chi connectivity index (χ4v) is 3.30. The first-order chi connectivity index (χ1) is 11.6. The van der Waals surface area contributed by atoms with E-state index in [4.69, 9.17) is 16.3 Å². The van der Waals surface area contributed by atoms with Gasteiger partial charge in [-0.15, -0.1) is 0 Å². The highest BCUT2D eigenvalue weighted by atomic mass is 35.5. The fourth-order valence-electron chi connectivity index (χ4n) is 3.18. The topological polar surface area (TPSA) is 58.6 Å². The van der Waals surface area contributed by atoms with Gasteiger partial charge >= 0.3 is 0 Å². The molecule has 0 heterocycles. The summed E-state index contributed by atoms with van der Waals surface area (Å²) in [5.74, 6) is 0.580. The first-order valence-electron chi connectivity index (χ1n) is 7.94. The number of methoxy groups -OCH3 is 1. The van der Waals surface area contributed by atoms with Crippen LogP contribution in [0.1, 0.15) is 30.4 Å². The van der Waals surface area contributed by atoms with Crippen LogP contribution in [0, 0.1) is 0 Å². The molecule has 0 spiro atoms. The molecule has 24 heavy (non-hydrogen) atoms. The largest absolute Gasteiger partial charge is 0.496 e. The lowest BCUT2D eigenvalue weighted by Gasteiger charge is -2.40.